The lowest BCUT2D eigenvalue weighted by atomic mass is 9.91. The van der Waals surface area contributed by atoms with Crippen LogP contribution in [0.15, 0.2) is 12.3 Å². The van der Waals surface area contributed by atoms with Gasteiger partial charge in [0.05, 0.1) is 0 Å². The summed E-state index contributed by atoms with van der Waals surface area (Å²) >= 11 is 0. The highest BCUT2D eigenvalue weighted by Crippen LogP contribution is 2.25. The Morgan fingerprint density at radius 1 is 1.26 bits per heavy atom. The zero-order valence-corrected chi connectivity index (χ0v) is 15.7. The van der Waals surface area contributed by atoms with E-state index >= 15 is 0 Å². The molecule has 0 aliphatic carbocycles. The van der Waals surface area contributed by atoms with Crippen molar-refractivity contribution in [1.29, 1.82) is 0 Å². The minimum atomic E-state index is -0.0284. The molecule has 1 unspecified atom stereocenters. The molecule has 1 atom stereocenters. The van der Waals surface area contributed by atoms with Crippen molar-refractivity contribution >= 4 is 11.7 Å². The van der Waals surface area contributed by atoms with E-state index in [1.165, 1.54) is 0 Å². The van der Waals surface area contributed by atoms with Crippen molar-refractivity contribution in [2.75, 3.05) is 4.90 Å². The number of unbranched alkanes of at least 4 members (excludes halogenated alkanes) is 1. The number of hydrogen-bond acceptors (Lipinski definition) is 3. The zero-order valence-electron chi connectivity index (χ0n) is 15.7. The first-order valence-electron chi connectivity index (χ1n) is 8.92. The molecule has 0 aliphatic heterocycles. The normalized spacial score (nSPS) is 13.0. The molecular weight excluding hydrogens is 286 g/mol. The smallest absolute Gasteiger partial charge is 0.228 e. The highest BCUT2D eigenvalue weighted by Gasteiger charge is 2.26. The topological polar surface area (TPSA) is 46.1 Å². The Labute approximate surface area is 141 Å². The fourth-order valence-electron chi connectivity index (χ4n) is 2.66. The molecule has 1 aromatic heterocycles. The number of aryl methyl sites for hydroxylation is 1. The minimum absolute atomic E-state index is 0.0284. The summed E-state index contributed by atoms with van der Waals surface area (Å²) in [6, 6.07) is 2.02. The lowest BCUT2D eigenvalue weighted by molar-refractivity contribution is -0.120. The van der Waals surface area contributed by atoms with Gasteiger partial charge in [-0.2, -0.15) is 0 Å². The highest BCUT2D eigenvalue weighted by molar-refractivity contribution is 5.93. The highest BCUT2D eigenvalue weighted by atomic mass is 16.2. The molecule has 0 radical (unpaired) electrons. The molecule has 0 spiro atoms. The third kappa shape index (κ3) is 6.67. The first-order chi connectivity index (χ1) is 10.8. The van der Waals surface area contributed by atoms with E-state index in [9.17, 15) is 4.79 Å². The molecule has 1 rings (SSSR count). The van der Waals surface area contributed by atoms with E-state index in [1.807, 2.05) is 11.0 Å². The van der Waals surface area contributed by atoms with Crippen LogP contribution in [0.5, 0.6) is 0 Å². The van der Waals surface area contributed by atoms with Crippen molar-refractivity contribution in [2.45, 2.75) is 86.1 Å². The SMILES string of the molecule is CCCCc1nccc(N(C(=O)CC(C)(C)C)C(C)CCC)n1. The van der Waals surface area contributed by atoms with E-state index in [0.29, 0.717) is 6.42 Å². The summed E-state index contributed by atoms with van der Waals surface area (Å²) in [5.74, 6) is 1.74. The molecule has 4 nitrogen and oxygen atoms in total. The van der Waals surface area contributed by atoms with Crippen LogP contribution < -0.4 is 4.90 Å². The maximum atomic E-state index is 12.9. The zero-order chi connectivity index (χ0) is 17.5. The Morgan fingerprint density at radius 3 is 2.52 bits per heavy atom. The van der Waals surface area contributed by atoms with E-state index in [0.717, 1.165) is 43.7 Å². The van der Waals surface area contributed by atoms with Crippen molar-refractivity contribution in [3.8, 4) is 0 Å². The molecule has 1 aromatic rings. The van der Waals surface area contributed by atoms with Gasteiger partial charge in [0.1, 0.15) is 11.6 Å². The second-order valence-electron chi connectivity index (χ2n) is 7.57. The van der Waals surface area contributed by atoms with Crippen molar-refractivity contribution < 1.29 is 4.79 Å². The molecular formula is C19H33N3O. The number of carbonyl (C=O) groups excluding carboxylic acids is 1. The Kier molecular flexibility index (Phi) is 7.66. The number of nitrogens with zero attached hydrogens (tertiary/aromatic N) is 3. The van der Waals surface area contributed by atoms with Crippen LogP contribution in [-0.2, 0) is 11.2 Å². The van der Waals surface area contributed by atoms with Crippen molar-refractivity contribution in [1.82, 2.24) is 9.97 Å². The molecule has 1 heterocycles. The molecule has 4 heteroatoms. The summed E-state index contributed by atoms with van der Waals surface area (Å²) in [5.41, 5.74) is -0.0284. The molecule has 23 heavy (non-hydrogen) atoms. The Morgan fingerprint density at radius 2 is 1.96 bits per heavy atom. The molecule has 0 aliphatic rings. The van der Waals surface area contributed by atoms with E-state index in [2.05, 4.69) is 51.5 Å². The molecule has 0 saturated carbocycles. The van der Waals surface area contributed by atoms with Gasteiger partial charge in [0.25, 0.3) is 0 Å². The second-order valence-corrected chi connectivity index (χ2v) is 7.57. The van der Waals surface area contributed by atoms with Crippen LogP contribution in [0.3, 0.4) is 0 Å². The van der Waals surface area contributed by atoms with Crippen molar-refractivity contribution in [3.63, 3.8) is 0 Å². The summed E-state index contributed by atoms with van der Waals surface area (Å²) in [4.78, 5) is 23.8. The largest absolute Gasteiger partial charge is 0.294 e. The number of amides is 1. The van der Waals surface area contributed by atoms with Gasteiger partial charge in [0.15, 0.2) is 0 Å². The molecule has 0 fully saturated rings. The van der Waals surface area contributed by atoms with Gasteiger partial charge in [-0.25, -0.2) is 9.97 Å². The maximum Gasteiger partial charge on any atom is 0.228 e. The van der Waals surface area contributed by atoms with Gasteiger partial charge >= 0.3 is 0 Å². The average Bonchev–Trinajstić information content (AvgIpc) is 2.44. The quantitative estimate of drug-likeness (QED) is 0.693. The summed E-state index contributed by atoms with van der Waals surface area (Å²) in [7, 11) is 0. The first kappa shape index (κ1) is 19.6. The van der Waals surface area contributed by atoms with E-state index < -0.39 is 0 Å². The van der Waals surface area contributed by atoms with Crippen LogP contribution in [0, 0.1) is 5.41 Å². The number of hydrogen-bond donors (Lipinski definition) is 0. The maximum absolute atomic E-state index is 12.9. The van der Waals surface area contributed by atoms with Crippen molar-refractivity contribution in [3.05, 3.63) is 18.1 Å². The van der Waals surface area contributed by atoms with Gasteiger partial charge in [0, 0.05) is 25.1 Å². The van der Waals surface area contributed by atoms with Crippen LogP contribution in [-0.4, -0.2) is 21.9 Å². The predicted molar refractivity (Wildman–Crippen MR) is 96.6 cm³/mol. The van der Waals surface area contributed by atoms with Crippen molar-refractivity contribution in [2.24, 2.45) is 5.41 Å². The Balaban J connectivity index is 3.06. The minimum Gasteiger partial charge on any atom is -0.294 e. The third-order valence-electron chi connectivity index (χ3n) is 3.79. The van der Waals surface area contributed by atoms with Crippen LogP contribution >= 0.6 is 0 Å². The number of carbonyl (C=O) groups is 1. The Hall–Kier alpha value is -1.45. The summed E-state index contributed by atoms with van der Waals surface area (Å²) in [5, 5.41) is 0. The molecule has 0 bridgehead atoms. The monoisotopic (exact) mass is 319 g/mol. The van der Waals surface area contributed by atoms with Gasteiger partial charge in [-0.05, 0) is 31.2 Å². The predicted octanol–water partition coefficient (Wildman–Crippen LogP) is 4.78. The van der Waals surface area contributed by atoms with Crippen LogP contribution in [0.25, 0.3) is 0 Å². The molecule has 0 N–H and O–H groups in total. The van der Waals surface area contributed by atoms with Crippen LogP contribution in [0.1, 0.15) is 79.5 Å². The fourth-order valence-corrected chi connectivity index (χ4v) is 2.66. The van der Waals surface area contributed by atoms with Crippen LogP contribution in [0.4, 0.5) is 5.82 Å². The summed E-state index contributed by atoms with van der Waals surface area (Å²) in [6.07, 6.45) is 7.39. The molecule has 1 amide bonds. The summed E-state index contributed by atoms with van der Waals surface area (Å²) < 4.78 is 0. The van der Waals surface area contributed by atoms with Gasteiger partial charge in [-0.1, -0.05) is 47.5 Å². The van der Waals surface area contributed by atoms with Gasteiger partial charge in [0.2, 0.25) is 5.91 Å². The fraction of sp³-hybridized carbons (Fsp3) is 0.737. The van der Waals surface area contributed by atoms with Crippen LogP contribution in [0.2, 0.25) is 0 Å². The molecule has 130 valence electrons. The molecule has 0 saturated heterocycles. The van der Waals surface area contributed by atoms with Gasteiger partial charge < -0.3 is 0 Å². The summed E-state index contributed by atoms with van der Waals surface area (Å²) in [6.45, 7) is 12.7. The molecule has 0 aromatic carbocycles. The number of anilines is 1. The lowest BCUT2D eigenvalue weighted by Crippen LogP contribution is -2.41. The Bertz CT molecular complexity index is 494. The second kappa shape index (κ2) is 8.99. The van der Waals surface area contributed by atoms with Gasteiger partial charge in [-0.3, -0.25) is 9.69 Å². The van der Waals surface area contributed by atoms with E-state index in [4.69, 9.17) is 0 Å². The van der Waals surface area contributed by atoms with E-state index in [-0.39, 0.29) is 17.4 Å². The first-order valence-corrected chi connectivity index (χ1v) is 8.92. The average molecular weight is 319 g/mol. The standard InChI is InChI=1S/C19H33N3O/c1-7-9-11-16-20-13-12-17(21-16)22(15(3)10-8-2)18(23)14-19(4,5)6/h12-13,15H,7-11,14H2,1-6H3. The number of aromatic nitrogens is 2. The third-order valence-corrected chi connectivity index (χ3v) is 3.79. The number of rotatable bonds is 8. The van der Waals surface area contributed by atoms with E-state index in [1.54, 1.807) is 6.20 Å². The van der Waals surface area contributed by atoms with Gasteiger partial charge in [-0.15, -0.1) is 0 Å². The lowest BCUT2D eigenvalue weighted by Gasteiger charge is -2.31.